The molecule has 3 rings (SSSR count). The minimum Gasteiger partial charge on any atom is -0.462 e. The Morgan fingerprint density at radius 2 is 1.87 bits per heavy atom. The lowest BCUT2D eigenvalue weighted by atomic mass is 10.2. The molecular formula is C22H22ClN3O4S. The second-order valence-electron chi connectivity index (χ2n) is 6.54. The predicted octanol–water partition coefficient (Wildman–Crippen LogP) is 3.98. The SMILES string of the molecule is CCOC(=O)c1ccc(NC(=O)CSc2ncc(CO)n2Cc2ccc(Cl)cc2)cc1. The fourth-order valence-corrected chi connectivity index (χ4v) is 3.73. The van der Waals surface area contributed by atoms with Gasteiger partial charge in [0.1, 0.15) is 0 Å². The number of carbonyl (C=O) groups excluding carboxylic acids is 2. The number of amides is 1. The third-order valence-electron chi connectivity index (χ3n) is 4.33. The average Bonchev–Trinajstić information content (AvgIpc) is 3.16. The monoisotopic (exact) mass is 459 g/mol. The molecule has 1 heterocycles. The Balaban J connectivity index is 1.60. The molecule has 0 aliphatic carbocycles. The number of nitrogens with zero attached hydrogens (tertiary/aromatic N) is 2. The molecule has 7 nitrogen and oxygen atoms in total. The van der Waals surface area contributed by atoms with Crippen LogP contribution in [0.3, 0.4) is 0 Å². The summed E-state index contributed by atoms with van der Waals surface area (Å²) in [7, 11) is 0. The Kier molecular flexibility index (Phi) is 8.11. The molecule has 0 fully saturated rings. The maximum absolute atomic E-state index is 12.4. The number of benzene rings is 2. The van der Waals surface area contributed by atoms with E-state index in [9.17, 15) is 14.7 Å². The van der Waals surface area contributed by atoms with Gasteiger partial charge in [0.05, 0.1) is 36.4 Å². The van der Waals surface area contributed by atoms with Crippen LogP contribution in [0.1, 0.15) is 28.5 Å². The molecule has 1 amide bonds. The maximum Gasteiger partial charge on any atom is 0.338 e. The van der Waals surface area contributed by atoms with E-state index in [0.717, 1.165) is 5.56 Å². The Hall–Kier alpha value is -2.81. The van der Waals surface area contributed by atoms with Crippen molar-refractivity contribution in [3.05, 3.63) is 76.6 Å². The van der Waals surface area contributed by atoms with E-state index in [1.165, 1.54) is 11.8 Å². The summed E-state index contributed by atoms with van der Waals surface area (Å²) in [5.74, 6) is -0.467. The Morgan fingerprint density at radius 3 is 2.52 bits per heavy atom. The number of esters is 1. The molecule has 9 heteroatoms. The number of rotatable bonds is 9. The van der Waals surface area contributed by atoms with Gasteiger partial charge in [-0.2, -0.15) is 0 Å². The van der Waals surface area contributed by atoms with Gasteiger partial charge in [-0.1, -0.05) is 35.5 Å². The lowest BCUT2D eigenvalue weighted by molar-refractivity contribution is -0.113. The summed E-state index contributed by atoms with van der Waals surface area (Å²) in [4.78, 5) is 28.4. The Bertz CT molecular complexity index is 1040. The van der Waals surface area contributed by atoms with Crippen LogP contribution in [0.2, 0.25) is 5.02 Å². The number of imidazole rings is 1. The van der Waals surface area contributed by atoms with Crippen LogP contribution in [0.25, 0.3) is 0 Å². The van der Waals surface area contributed by atoms with Gasteiger partial charge in [-0.3, -0.25) is 4.79 Å². The van der Waals surface area contributed by atoms with Crippen molar-refractivity contribution < 1.29 is 19.4 Å². The van der Waals surface area contributed by atoms with Gasteiger partial charge >= 0.3 is 5.97 Å². The van der Waals surface area contributed by atoms with Crippen LogP contribution in [0.5, 0.6) is 0 Å². The van der Waals surface area contributed by atoms with Crippen LogP contribution in [0.15, 0.2) is 59.9 Å². The summed E-state index contributed by atoms with van der Waals surface area (Å²) in [6.07, 6.45) is 1.60. The molecular weight excluding hydrogens is 438 g/mol. The Labute approximate surface area is 189 Å². The van der Waals surface area contributed by atoms with Gasteiger partial charge in [0, 0.05) is 17.3 Å². The molecule has 3 aromatic rings. The molecule has 0 unspecified atom stereocenters. The quantitative estimate of drug-likeness (QED) is 0.371. The summed E-state index contributed by atoms with van der Waals surface area (Å²) < 4.78 is 6.81. The highest BCUT2D eigenvalue weighted by molar-refractivity contribution is 7.99. The van der Waals surface area contributed by atoms with E-state index in [0.29, 0.717) is 40.3 Å². The number of hydrogen-bond acceptors (Lipinski definition) is 6. The van der Waals surface area contributed by atoms with Crippen LogP contribution in [-0.4, -0.2) is 38.9 Å². The van der Waals surface area contributed by atoms with Crippen molar-refractivity contribution >= 4 is 40.9 Å². The first kappa shape index (κ1) is 22.9. The number of aliphatic hydroxyl groups is 1. The number of aliphatic hydroxyl groups excluding tert-OH is 1. The molecule has 2 N–H and O–H groups in total. The molecule has 31 heavy (non-hydrogen) atoms. The zero-order valence-corrected chi connectivity index (χ0v) is 18.4. The number of hydrogen-bond donors (Lipinski definition) is 2. The first-order chi connectivity index (χ1) is 15.0. The molecule has 1 aromatic heterocycles. The molecule has 0 radical (unpaired) electrons. The van der Waals surface area contributed by atoms with Gasteiger partial charge in [0.2, 0.25) is 5.91 Å². The molecule has 0 aliphatic rings. The number of anilines is 1. The molecule has 0 aliphatic heterocycles. The van der Waals surface area contributed by atoms with E-state index in [4.69, 9.17) is 16.3 Å². The van der Waals surface area contributed by atoms with E-state index in [1.54, 1.807) is 49.5 Å². The molecule has 162 valence electrons. The van der Waals surface area contributed by atoms with Gasteiger partial charge in [0.25, 0.3) is 0 Å². The van der Waals surface area contributed by atoms with Crippen LogP contribution in [0.4, 0.5) is 5.69 Å². The van der Waals surface area contributed by atoms with Crippen molar-refractivity contribution in [2.45, 2.75) is 25.2 Å². The van der Waals surface area contributed by atoms with Crippen LogP contribution < -0.4 is 5.32 Å². The standard InChI is InChI=1S/C22H22ClN3O4S/c1-2-30-21(29)16-5-9-18(10-6-16)25-20(28)14-31-22-24-11-19(13-27)26(22)12-15-3-7-17(23)8-4-15/h3-11,27H,2,12-14H2,1H3,(H,25,28). The van der Waals surface area contributed by atoms with Crippen LogP contribution >= 0.6 is 23.4 Å². The number of aromatic nitrogens is 2. The van der Waals surface area contributed by atoms with Crippen LogP contribution in [0, 0.1) is 0 Å². The Morgan fingerprint density at radius 1 is 1.16 bits per heavy atom. The van der Waals surface area contributed by atoms with E-state index in [1.807, 2.05) is 16.7 Å². The highest BCUT2D eigenvalue weighted by Gasteiger charge is 2.13. The maximum atomic E-state index is 12.4. The largest absolute Gasteiger partial charge is 0.462 e. The highest BCUT2D eigenvalue weighted by atomic mass is 35.5. The molecule has 0 bridgehead atoms. The number of thioether (sulfide) groups is 1. The van der Waals surface area contributed by atoms with E-state index in [2.05, 4.69) is 10.3 Å². The van der Waals surface area contributed by atoms with E-state index in [-0.39, 0.29) is 18.3 Å². The third kappa shape index (κ3) is 6.33. The third-order valence-corrected chi connectivity index (χ3v) is 5.57. The van der Waals surface area contributed by atoms with Gasteiger partial charge < -0.3 is 19.7 Å². The topological polar surface area (TPSA) is 93.4 Å². The average molecular weight is 460 g/mol. The van der Waals surface area contributed by atoms with Gasteiger partial charge in [-0.15, -0.1) is 0 Å². The van der Waals surface area contributed by atoms with Gasteiger partial charge in [-0.05, 0) is 48.9 Å². The van der Waals surface area contributed by atoms with Crippen molar-refractivity contribution in [3.63, 3.8) is 0 Å². The molecule has 0 atom stereocenters. The van der Waals surface area contributed by atoms with Crippen molar-refractivity contribution in [1.29, 1.82) is 0 Å². The second kappa shape index (κ2) is 11.0. The fourth-order valence-electron chi connectivity index (χ4n) is 2.81. The highest BCUT2D eigenvalue weighted by Crippen LogP contribution is 2.22. The smallest absolute Gasteiger partial charge is 0.338 e. The summed E-state index contributed by atoms with van der Waals surface area (Å²) in [5, 5.41) is 13.7. The zero-order chi connectivity index (χ0) is 22.2. The van der Waals surface area contributed by atoms with E-state index < -0.39 is 5.97 Å². The summed E-state index contributed by atoms with van der Waals surface area (Å²) >= 11 is 7.22. The second-order valence-corrected chi connectivity index (χ2v) is 7.92. The summed E-state index contributed by atoms with van der Waals surface area (Å²) in [6, 6.07) is 13.9. The first-order valence-electron chi connectivity index (χ1n) is 9.59. The van der Waals surface area contributed by atoms with E-state index >= 15 is 0 Å². The number of nitrogens with one attached hydrogen (secondary N) is 1. The fraction of sp³-hybridized carbons (Fsp3) is 0.227. The normalized spacial score (nSPS) is 10.7. The van der Waals surface area contributed by atoms with Crippen molar-refractivity contribution in [1.82, 2.24) is 9.55 Å². The molecule has 0 saturated heterocycles. The number of carbonyl (C=O) groups is 2. The first-order valence-corrected chi connectivity index (χ1v) is 11.0. The van der Waals surface area contributed by atoms with Gasteiger partial charge in [0.15, 0.2) is 5.16 Å². The molecule has 0 spiro atoms. The number of halogens is 1. The molecule has 2 aromatic carbocycles. The summed E-state index contributed by atoms with van der Waals surface area (Å²) in [6.45, 7) is 2.40. The zero-order valence-electron chi connectivity index (χ0n) is 16.9. The number of ether oxygens (including phenoxy) is 1. The summed E-state index contributed by atoms with van der Waals surface area (Å²) in [5.41, 5.74) is 2.67. The lowest BCUT2D eigenvalue weighted by Crippen LogP contribution is -2.15. The van der Waals surface area contributed by atoms with Crippen molar-refractivity contribution in [2.75, 3.05) is 17.7 Å². The van der Waals surface area contributed by atoms with Crippen molar-refractivity contribution in [3.8, 4) is 0 Å². The van der Waals surface area contributed by atoms with Crippen LogP contribution in [-0.2, 0) is 22.7 Å². The minimum atomic E-state index is -0.400. The molecule has 0 saturated carbocycles. The predicted molar refractivity (Wildman–Crippen MR) is 120 cm³/mol. The van der Waals surface area contributed by atoms with Gasteiger partial charge in [-0.25, -0.2) is 9.78 Å². The minimum absolute atomic E-state index is 0.141. The van der Waals surface area contributed by atoms with Crippen molar-refractivity contribution in [2.24, 2.45) is 0 Å². The lowest BCUT2D eigenvalue weighted by Gasteiger charge is -2.11.